The lowest BCUT2D eigenvalue weighted by Crippen LogP contribution is -1.96. The van der Waals surface area contributed by atoms with Crippen molar-refractivity contribution in [3.05, 3.63) is 28.3 Å². The summed E-state index contributed by atoms with van der Waals surface area (Å²) in [4.78, 5) is 8.16. The Balaban J connectivity index is 2.16. The fraction of sp³-hybridized carbons (Fsp3) is 0.111. The first-order valence-electron chi connectivity index (χ1n) is 4.29. The Morgan fingerprint density at radius 3 is 2.73 bits per heavy atom. The Bertz CT molecular complexity index is 457. The summed E-state index contributed by atoms with van der Waals surface area (Å²) in [5, 5.41) is 9.22. The van der Waals surface area contributed by atoms with Crippen LogP contribution >= 0.6 is 27.3 Å². The van der Waals surface area contributed by atoms with E-state index in [2.05, 4.69) is 36.5 Å². The van der Waals surface area contributed by atoms with Gasteiger partial charge in [-0.2, -0.15) is 0 Å². The third-order valence-corrected chi connectivity index (χ3v) is 3.35. The lowest BCUT2D eigenvalue weighted by atomic mass is 10.5. The zero-order chi connectivity index (χ0) is 10.7. The number of hydrogen-bond donors (Lipinski definition) is 2. The molecule has 0 aliphatic heterocycles. The fourth-order valence-corrected chi connectivity index (χ4v) is 2.39. The van der Waals surface area contributed by atoms with E-state index in [9.17, 15) is 0 Å². The molecule has 0 unspecified atom stereocenters. The Morgan fingerprint density at radius 2 is 2.07 bits per heavy atom. The number of rotatable bonds is 3. The minimum absolute atomic E-state index is 0.781. The molecule has 0 atom stereocenters. The Labute approximate surface area is 99.9 Å². The van der Waals surface area contributed by atoms with Crippen LogP contribution in [0, 0.1) is 0 Å². The van der Waals surface area contributed by atoms with Gasteiger partial charge in [-0.05, 0) is 22.0 Å². The van der Waals surface area contributed by atoms with Crippen molar-refractivity contribution in [1.82, 2.24) is 9.97 Å². The van der Waals surface area contributed by atoms with E-state index in [1.165, 1.54) is 6.33 Å². The van der Waals surface area contributed by atoms with E-state index in [-0.39, 0.29) is 0 Å². The number of nitrogens with one attached hydrogen (secondary N) is 2. The van der Waals surface area contributed by atoms with Crippen LogP contribution in [0.4, 0.5) is 16.6 Å². The SMILES string of the molecule is CNc1cc(Nc2cc(Br)cs2)ncn1. The summed E-state index contributed by atoms with van der Waals surface area (Å²) in [6, 6.07) is 3.86. The molecule has 2 N–H and O–H groups in total. The molecular weight excluding hydrogens is 276 g/mol. The van der Waals surface area contributed by atoms with E-state index in [0.717, 1.165) is 21.1 Å². The molecule has 2 rings (SSSR count). The maximum absolute atomic E-state index is 4.12. The Kier molecular flexibility index (Phi) is 3.17. The van der Waals surface area contributed by atoms with E-state index in [4.69, 9.17) is 0 Å². The van der Waals surface area contributed by atoms with Crippen LogP contribution in [0.5, 0.6) is 0 Å². The van der Waals surface area contributed by atoms with Crippen LogP contribution in [0.1, 0.15) is 0 Å². The van der Waals surface area contributed by atoms with E-state index >= 15 is 0 Å². The van der Waals surface area contributed by atoms with Gasteiger partial charge in [0.2, 0.25) is 0 Å². The first-order valence-corrected chi connectivity index (χ1v) is 5.96. The van der Waals surface area contributed by atoms with Crippen LogP contribution in [-0.2, 0) is 0 Å². The van der Waals surface area contributed by atoms with Gasteiger partial charge in [0.15, 0.2) is 0 Å². The number of anilines is 3. The highest BCUT2D eigenvalue weighted by Crippen LogP contribution is 2.27. The molecule has 0 fully saturated rings. The standard InChI is InChI=1S/C9H9BrN4S/c1-11-7-3-8(13-5-12-7)14-9-2-6(10)4-15-9/h2-5H,1H3,(H2,11,12,13,14). The second-order valence-electron chi connectivity index (χ2n) is 2.79. The van der Waals surface area contributed by atoms with Crippen molar-refractivity contribution < 1.29 is 0 Å². The predicted octanol–water partition coefficient (Wildman–Crippen LogP) is 3.09. The van der Waals surface area contributed by atoms with Gasteiger partial charge in [0.05, 0.1) is 5.00 Å². The second-order valence-corrected chi connectivity index (χ2v) is 4.62. The predicted molar refractivity (Wildman–Crippen MR) is 66.9 cm³/mol. The van der Waals surface area contributed by atoms with Gasteiger partial charge in [0.1, 0.15) is 18.0 Å². The molecule has 2 aromatic heterocycles. The smallest absolute Gasteiger partial charge is 0.136 e. The Morgan fingerprint density at radius 1 is 1.27 bits per heavy atom. The number of halogens is 1. The summed E-state index contributed by atoms with van der Waals surface area (Å²) < 4.78 is 1.07. The van der Waals surface area contributed by atoms with E-state index in [0.29, 0.717) is 0 Å². The molecule has 6 heteroatoms. The number of thiophene rings is 1. The molecule has 2 heterocycles. The molecule has 78 valence electrons. The van der Waals surface area contributed by atoms with Crippen LogP contribution in [0.2, 0.25) is 0 Å². The fourth-order valence-electron chi connectivity index (χ4n) is 1.07. The molecule has 0 aliphatic rings. The third-order valence-electron chi connectivity index (χ3n) is 1.74. The molecule has 4 nitrogen and oxygen atoms in total. The maximum Gasteiger partial charge on any atom is 0.136 e. The minimum Gasteiger partial charge on any atom is -0.373 e. The van der Waals surface area contributed by atoms with Gasteiger partial charge in [-0.25, -0.2) is 9.97 Å². The van der Waals surface area contributed by atoms with Crippen molar-refractivity contribution in [2.45, 2.75) is 0 Å². The van der Waals surface area contributed by atoms with Crippen LogP contribution < -0.4 is 10.6 Å². The van der Waals surface area contributed by atoms with Crippen molar-refractivity contribution >= 4 is 43.9 Å². The van der Waals surface area contributed by atoms with Crippen LogP contribution in [0.3, 0.4) is 0 Å². The molecular formula is C9H9BrN4S. The highest BCUT2D eigenvalue weighted by Gasteiger charge is 2.00. The quantitative estimate of drug-likeness (QED) is 0.910. The molecule has 0 saturated carbocycles. The lowest BCUT2D eigenvalue weighted by molar-refractivity contribution is 1.16. The van der Waals surface area contributed by atoms with Gasteiger partial charge in [0.25, 0.3) is 0 Å². The van der Waals surface area contributed by atoms with Crippen molar-refractivity contribution in [1.29, 1.82) is 0 Å². The van der Waals surface area contributed by atoms with Gasteiger partial charge in [-0.15, -0.1) is 11.3 Å². The van der Waals surface area contributed by atoms with Gasteiger partial charge in [-0.1, -0.05) is 0 Å². The summed E-state index contributed by atoms with van der Waals surface area (Å²) in [6.07, 6.45) is 1.52. The summed E-state index contributed by atoms with van der Waals surface area (Å²) in [5.41, 5.74) is 0. The van der Waals surface area contributed by atoms with E-state index in [1.807, 2.05) is 24.6 Å². The molecule has 0 aliphatic carbocycles. The molecule has 2 aromatic rings. The first-order chi connectivity index (χ1) is 7.28. The third kappa shape index (κ3) is 2.66. The van der Waals surface area contributed by atoms with Gasteiger partial charge < -0.3 is 10.6 Å². The maximum atomic E-state index is 4.12. The van der Waals surface area contributed by atoms with Crippen molar-refractivity contribution in [2.24, 2.45) is 0 Å². The molecule has 0 saturated heterocycles. The first kappa shape index (κ1) is 10.4. The van der Waals surface area contributed by atoms with Crippen LogP contribution in [0.15, 0.2) is 28.3 Å². The highest BCUT2D eigenvalue weighted by molar-refractivity contribution is 9.10. The molecule has 0 amide bonds. The summed E-state index contributed by atoms with van der Waals surface area (Å²) >= 11 is 5.02. The molecule has 15 heavy (non-hydrogen) atoms. The zero-order valence-corrected chi connectivity index (χ0v) is 10.4. The van der Waals surface area contributed by atoms with Crippen molar-refractivity contribution in [3.8, 4) is 0 Å². The normalized spacial score (nSPS) is 10.0. The van der Waals surface area contributed by atoms with Gasteiger partial charge in [0, 0.05) is 23.0 Å². The molecule has 0 radical (unpaired) electrons. The van der Waals surface area contributed by atoms with Crippen LogP contribution in [-0.4, -0.2) is 17.0 Å². The van der Waals surface area contributed by atoms with Crippen molar-refractivity contribution in [3.63, 3.8) is 0 Å². The van der Waals surface area contributed by atoms with Crippen LogP contribution in [0.25, 0.3) is 0 Å². The number of nitrogens with zero attached hydrogens (tertiary/aromatic N) is 2. The number of hydrogen-bond acceptors (Lipinski definition) is 5. The summed E-state index contributed by atoms with van der Waals surface area (Å²) in [5.74, 6) is 1.58. The van der Waals surface area contributed by atoms with E-state index in [1.54, 1.807) is 11.3 Å². The monoisotopic (exact) mass is 284 g/mol. The molecule has 0 bridgehead atoms. The Hall–Kier alpha value is -1.14. The average Bonchev–Trinajstić information content (AvgIpc) is 2.64. The molecule has 0 aromatic carbocycles. The molecule has 0 spiro atoms. The minimum atomic E-state index is 0.781. The number of aromatic nitrogens is 2. The van der Waals surface area contributed by atoms with E-state index < -0.39 is 0 Å². The van der Waals surface area contributed by atoms with Gasteiger partial charge in [-0.3, -0.25) is 0 Å². The second kappa shape index (κ2) is 4.59. The topological polar surface area (TPSA) is 49.8 Å². The highest BCUT2D eigenvalue weighted by atomic mass is 79.9. The lowest BCUT2D eigenvalue weighted by Gasteiger charge is -2.03. The van der Waals surface area contributed by atoms with Crippen molar-refractivity contribution in [2.75, 3.05) is 17.7 Å². The zero-order valence-electron chi connectivity index (χ0n) is 7.99. The largest absolute Gasteiger partial charge is 0.373 e. The average molecular weight is 285 g/mol. The summed E-state index contributed by atoms with van der Waals surface area (Å²) in [6.45, 7) is 0. The van der Waals surface area contributed by atoms with Gasteiger partial charge >= 0.3 is 0 Å². The summed E-state index contributed by atoms with van der Waals surface area (Å²) in [7, 11) is 1.83.